The van der Waals surface area contributed by atoms with Gasteiger partial charge in [0, 0.05) is 50.2 Å². The topological polar surface area (TPSA) is 112 Å². The molecule has 3 N–H and O–H groups in total. The second kappa shape index (κ2) is 8.71. The molecule has 0 bridgehead atoms. The van der Waals surface area contributed by atoms with E-state index in [1.54, 1.807) is 29.3 Å². The van der Waals surface area contributed by atoms with Crippen LogP contribution >= 0.6 is 0 Å². The first kappa shape index (κ1) is 21.8. The largest absolute Gasteiger partial charge is 0.433 e. The minimum absolute atomic E-state index is 0.0538. The number of anilines is 2. The van der Waals surface area contributed by atoms with Gasteiger partial charge in [0.05, 0.1) is 22.8 Å². The molecule has 9 nitrogen and oxygen atoms in total. The van der Waals surface area contributed by atoms with Gasteiger partial charge >= 0.3 is 6.18 Å². The Bertz CT molecular complexity index is 1310. The van der Waals surface area contributed by atoms with Crippen molar-refractivity contribution >= 4 is 28.6 Å². The van der Waals surface area contributed by atoms with Crippen LogP contribution in [0.15, 0.2) is 48.9 Å². The number of pyridine rings is 3. The van der Waals surface area contributed by atoms with Crippen molar-refractivity contribution in [1.82, 2.24) is 35.1 Å². The number of hydrogen-bond donors (Lipinski definition) is 3. The van der Waals surface area contributed by atoms with E-state index in [0.717, 1.165) is 25.4 Å². The maximum atomic E-state index is 12.7. The first-order chi connectivity index (χ1) is 16.4. The highest BCUT2D eigenvalue weighted by molar-refractivity contribution is 5.94. The Morgan fingerprint density at radius 2 is 1.76 bits per heavy atom. The van der Waals surface area contributed by atoms with Crippen LogP contribution < -0.4 is 10.6 Å². The molecular formula is C22H19F3N8O. The fourth-order valence-electron chi connectivity index (χ4n) is 3.59. The van der Waals surface area contributed by atoms with Crippen LogP contribution in [0.4, 0.5) is 24.8 Å². The Balaban J connectivity index is 1.30. The summed E-state index contributed by atoms with van der Waals surface area (Å²) in [6.07, 6.45) is -0.287. The lowest BCUT2D eigenvalue weighted by Gasteiger charge is -2.27. The van der Waals surface area contributed by atoms with Gasteiger partial charge in [0.25, 0.3) is 5.91 Å². The van der Waals surface area contributed by atoms with Gasteiger partial charge in [-0.15, -0.1) is 0 Å². The highest BCUT2D eigenvalue weighted by Gasteiger charge is 2.32. The van der Waals surface area contributed by atoms with Crippen molar-refractivity contribution in [2.24, 2.45) is 0 Å². The highest BCUT2D eigenvalue weighted by Crippen LogP contribution is 2.29. The maximum Gasteiger partial charge on any atom is 0.433 e. The molecule has 174 valence electrons. The van der Waals surface area contributed by atoms with Crippen LogP contribution in [-0.2, 0) is 6.18 Å². The molecule has 1 aliphatic heterocycles. The molecule has 34 heavy (non-hydrogen) atoms. The van der Waals surface area contributed by atoms with E-state index in [4.69, 9.17) is 0 Å². The summed E-state index contributed by atoms with van der Waals surface area (Å²) in [6.45, 7) is 2.88. The number of carbonyl (C=O) groups excluding carboxylic acids is 1. The fraction of sp³-hybridized carbons (Fsp3) is 0.227. The summed E-state index contributed by atoms with van der Waals surface area (Å²) in [4.78, 5) is 33.9. The van der Waals surface area contributed by atoms with Gasteiger partial charge in [-0.05, 0) is 24.3 Å². The third kappa shape index (κ3) is 4.53. The van der Waals surface area contributed by atoms with Crippen molar-refractivity contribution in [3.05, 3.63) is 60.2 Å². The summed E-state index contributed by atoms with van der Waals surface area (Å²) >= 11 is 0. The average Bonchev–Trinajstić information content (AvgIpc) is 3.28. The standard InChI is InChI=1S/C22H19F3N8O/c23-22(24,25)17-3-1-13(10-27-17)20-30-15-9-19(29-12-16(15)31-20)32-18-4-2-14(11-28-18)21(34)33-7-5-26-6-8-33/h1-4,9-12,26H,5-8H2,(H,30,31)(H,28,29,32). The average molecular weight is 468 g/mol. The number of imidazole rings is 1. The van der Waals surface area contributed by atoms with Crippen molar-refractivity contribution in [3.63, 3.8) is 0 Å². The van der Waals surface area contributed by atoms with Crippen LogP contribution in [0.2, 0.25) is 0 Å². The van der Waals surface area contributed by atoms with Crippen LogP contribution in [-0.4, -0.2) is 61.9 Å². The number of amides is 1. The van der Waals surface area contributed by atoms with Gasteiger partial charge in [0.2, 0.25) is 0 Å². The molecule has 0 aliphatic carbocycles. The molecule has 4 aromatic rings. The number of piperazine rings is 1. The molecule has 12 heteroatoms. The number of carbonyl (C=O) groups is 1. The highest BCUT2D eigenvalue weighted by atomic mass is 19.4. The summed E-state index contributed by atoms with van der Waals surface area (Å²) < 4.78 is 38.2. The smallest absolute Gasteiger partial charge is 0.337 e. The predicted molar refractivity (Wildman–Crippen MR) is 118 cm³/mol. The van der Waals surface area contributed by atoms with Crippen LogP contribution in [0.5, 0.6) is 0 Å². The molecule has 5 rings (SSSR count). The number of nitrogens with one attached hydrogen (secondary N) is 3. The third-order valence-corrected chi connectivity index (χ3v) is 5.37. The summed E-state index contributed by atoms with van der Waals surface area (Å²) in [5.41, 5.74) is 1.15. The molecule has 0 spiro atoms. The zero-order chi connectivity index (χ0) is 23.7. The number of fused-ring (bicyclic) bond motifs is 1. The number of hydrogen-bond acceptors (Lipinski definition) is 7. The number of rotatable bonds is 4. The Morgan fingerprint density at radius 3 is 2.44 bits per heavy atom. The third-order valence-electron chi connectivity index (χ3n) is 5.37. The molecule has 1 aliphatic rings. The van der Waals surface area contributed by atoms with Crippen LogP contribution in [0.25, 0.3) is 22.4 Å². The van der Waals surface area contributed by atoms with Crippen molar-refractivity contribution in [2.45, 2.75) is 6.18 Å². The Labute approximate surface area is 191 Å². The lowest BCUT2D eigenvalue weighted by atomic mass is 10.2. The lowest BCUT2D eigenvalue weighted by Crippen LogP contribution is -2.46. The number of halogens is 3. The van der Waals surface area contributed by atoms with E-state index >= 15 is 0 Å². The van der Waals surface area contributed by atoms with Gasteiger partial charge in [-0.3, -0.25) is 9.78 Å². The number of nitrogens with zero attached hydrogens (tertiary/aromatic N) is 5. The molecule has 0 atom stereocenters. The minimum Gasteiger partial charge on any atom is -0.337 e. The van der Waals surface area contributed by atoms with Crippen molar-refractivity contribution in [1.29, 1.82) is 0 Å². The normalized spacial score (nSPS) is 14.4. The zero-order valence-electron chi connectivity index (χ0n) is 17.7. The molecule has 5 heterocycles. The summed E-state index contributed by atoms with van der Waals surface area (Å²) in [6, 6.07) is 7.32. The summed E-state index contributed by atoms with van der Waals surface area (Å²) in [7, 11) is 0. The number of alkyl halides is 3. The second-order valence-corrected chi connectivity index (χ2v) is 7.70. The Kier molecular flexibility index (Phi) is 5.57. The van der Waals surface area contributed by atoms with Crippen LogP contribution in [0.1, 0.15) is 16.1 Å². The van der Waals surface area contributed by atoms with Gasteiger partial charge in [-0.25, -0.2) is 15.0 Å². The van der Waals surface area contributed by atoms with E-state index in [1.807, 2.05) is 0 Å². The van der Waals surface area contributed by atoms with E-state index in [1.165, 1.54) is 12.3 Å². The van der Waals surface area contributed by atoms with E-state index in [9.17, 15) is 18.0 Å². The molecular weight excluding hydrogens is 449 g/mol. The zero-order valence-corrected chi connectivity index (χ0v) is 17.7. The fourth-order valence-corrected chi connectivity index (χ4v) is 3.59. The van der Waals surface area contributed by atoms with E-state index in [0.29, 0.717) is 52.7 Å². The van der Waals surface area contributed by atoms with Gasteiger partial charge in [-0.2, -0.15) is 13.2 Å². The van der Waals surface area contributed by atoms with Crippen molar-refractivity contribution in [3.8, 4) is 11.4 Å². The van der Waals surface area contributed by atoms with Gasteiger partial charge in [0.15, 0.2) is 0 Å². The van der Waals surface area contributed by atoms with E-state index in [-0.39, 0.29) is 5.91 Å². The molecule has 1 amide bonds. The van der Waals surface area contributed by atoms with Gasteiger partial charge in [0.1, 0.15) is 23.2 Å². The molecule has 1 saturated heterocycles. The molecule has 4 aromatic heterocycles. The minimum atomic E-state index is -4.50. The van der Waals surface area contributed by atoms with Gasteiger partial charge < -0.3 is 20.5 Å². The molecule has 0 saturated carbocycles. The molecule has 1 fully saturated rings. The number of H-pyrrole nitrogens is 1. The van der Waals surface area contributed by atoms with Crippen molar-refractivity contribution in [2.75, 3.05) is 31.5 Å². The molecule has 0 aromatic carbocycles. The second-order valence-electron chi connectivity index (χ2n) is 7.70. The number of aromatic amines is 1. The maximum absolute atomic E-state index is 12.7. The SMILES string of the molecule is O=C(c1ccc(Nc2cc3nc(-c4ccc(C(F)(F)F)nc4)[nH]c3cn2)nc1)N1CCNCC1. The van der Waals surface area contributed by atoms with E-state index < -0.39 is 11.9 Å². The first-order valence-corrected chi connectivity index (χ1v) is 10.5. The van der Waals surface area contributed by atoms with E-state index in [2.05, 4.69) is 35.6 Å². The Hall–Kier alpha value is -4.06. The first-order valence-electron chi connectivity index (χ1n) is 10.5. The van der Waals surface area contributed by atoms with Crippen LogP contribution in [0, 0.1) is 0 Å². The lowest BCUT2D eigenvalue weighted by molar-refractivity contribution is -0.141. The summed E-state index contributed by atoms with van der Waals surface area (Å²) in [5.74, 6) is 1.31. The molecule has 0 unspecified atom stereocenters. The Morgan fingerprint density at radius 1 is 0.971 bits per heavy atom. The number of aromatic nitrogens is 5. The molecule has 0 radical (unpaired) electrons. The summed E-state index contributed by atoms with van der Waals surface area (Å²) in [5, 5.41) is 6.28. The monoisotopic (exact) mass is 468 g/mol. The van der Waals surface area contributed by atoms with Crippen LogP contribution in [0.3, 0.4) is 0 Å². The predicted octanol–water partition coefficient (Wildman–Crippen LogP) is 3.22. The van der Waals surface area contributed by atoms with Crippen molar-refractivity contribution < 1.29 is 18.0 Å². The quantitative estimate of drug-likeness (QED) is 0.422. The van der Waals surface area contributed by atoms with Gasteiger partial charge in [-0.1, -0.05) is 0 Å².